The molecule has 1 saturated carbocycles. The zero-order valence-corrected chi connectivity index (χ0v) is 20.9. The molecule has 0 unspecified atom stereocenters. The molecular formula is C26H26BrFN2O5. The molecule has 0 atom stereocenters. The summed E-state index contributed by atoms with van der Waals surface area (Å²) >= 11 is 3.48. The van der Waals surface area contributed by atoms with Crippen molar-refractivity contribution in [2.75, 3.05) is 6.61 Å². The van der Waals surface area contributed by atoms with E-state index in [1.165, 1.54) is 23.1 Å². The van der Waals surface area contributed by atoms with Gasteiger partial charge in [-0.25, -0.2) is 9.18 Å². The van der Waals surface area contributed by atoms with Crippen LogP contribution in [-0.4, -0.2) is 35.4 Å². The predicted octanol–water partition coefficient (Wildman–Crippen LogP) is 5.36. The van der Waals surface area contributed by atoms with E-state index in [2.05, 4.69) is 21.2 Å². The van der Waals surface area contributed by atoms with Crippen LogP contribution in [0.3, 0.4) is 0 Å². The number of halogens is 2. The van der Waals surface area contributed by atoms with E-state index in [0.29, 0.717) is 33.7 Å². The third-order valence-corrected chi connectivity index (χ3v) is 6.71. The van der Waals surface area contributed by atoms with Crippen molar-refractivity contribution >= 4 is 39.9 Å². The molecular weight excluding hydrogens is 519 g/mol. The van der Waals surface area contributed by atoms with Gasteiger partial charge >= 0.3 is 6.03 Å². The van der Waals surface area contributed by atoms with Crippen LogP contribution in [-0.2, 0) is 16.2 Å². The lowest BCUT2D eigenvalue weighted by atomic mass is 9.93. The summed E-state index contributed by atoms with van der Waals surface area (Å²) in [6.07, 6.45) is 5.86. The van der Waals surface area contributed by atoms with E-state index in [1.807, 2.05) is 6.92 Å². The van der Waals surface area contributed by atoms with Gasteiger partial charge in [-0.3, -0.25) is 19.8 Å². The summed E-state index contributed by atoms with van der Waals surface area (Å²) in [5, 5.41) is 2.30. The number of carbonyl (C=O) groups is 3. The van der Waals surface area contributed by atoms with Crippen molar-refractivity contribution in [1.82, 2.24) is 10.2 Å². The largest absolute Gasteiger partial charge is 0.490 e. The van der Waals surface area contributed by atoms with E-state index in [9.17, 15) is 18.8 Å². The van der Waals surface area contributed by atoms with Crippen LogP contribution >= 0.6 is 15.9 Å². The third kappa shape index (κ3) is 5.73. The van der Waals surface area contributed by atoms with Crippen LogP contribution in [0.4, 0.5) is 9.18 Å². The van der Waals surface area contributed by atoms with Crippen molar-refractivity contribution in [2.24, 2.45) is 0 Å². The molecule has 35 heavy (non-hydrogen) atoms. The van der Waals surface area contributed by atoms with Gasteiger partial charge in [-0.2, -0.15) is 0 Å². The van der Waals surface area contributed by atoms with Crippen LogP contribution in [0.1, 0.15) is 50.2 Å². The first-order valence-corrected chi connectivity index (χ1v) is 12.4. The van der Waals surface area contributed by atoms with Crippen LogP contribution in [0.2, 0.25) is 0 Å². The Morgan fingerprint density at radius 3 is 2.54 bits per heavy atom. The van der Waals surface area contributed by atoms with Crippen LogP contribution in [0.25, 0.3) is 6.08 Å². The molecule has 0 bridgehead atoms. The normalized spacial score (nSPS) is 18.1. The molecule has 1 aliphatic carbocycles. The topological polar surface area (TPSA) is 84.9 Å². The van der Waals surface area contributed by atoms with Gasteiger partial charge in [-0.15, -0.1) is 0 Å². The molecule has 2 fully saturated rings. The maximum atomic E-state index is 13.5. The van der Waals surface area contributed by atoms with Gasteiger partial charge in [-0.1, -0.05) is 47.3 Å². The first-order valence-electron chi connectivity index (χ1n) is 11.6. The molecule has 0 aromatic heterocycles. The average molecular weight is 545 g/mol. The van der Waals surface area contributed by atoms with Gasteiger partial charge in [0.2, 0.25) is 0 Å². The Kier molecular flexibility index (Phi) is 7.85. The third-order valence-electron chi connectivity index (χ3n) is 6.02. The molecule has 1 heterocycles. The highest BCUT2D eigenvalue weighted by atomic mass is 79.9. The SMILES string of the molecule is CCOc1cc(C=C2C(=O)NC(=O)N(C3CCCCC3)C2=O)c(Br)cc1OCc1cccc(F)c1. The molecule has 2 aliphatic rings. The number of rotatable bonds is 7. The van der Waals surface area contributed by atoms with E-state index in [1.54, 1.807) is 24.3 Å². The molecule has 1 N–H and O–H groups in total. The molecule has 2 aromatic carbocycles. The smallest absolute Gasteiger partial charge is 0.331 e. The Hall–Kier alpha value is -3.20. The number of urea groups is 1. The second kappa shape index (κ2) is 11.0. The minimum atomic E-state index is -0.733. The van der Waals surface area contributed by atoms with Gasteiger partial charge in [0.15, 0.2) is 11.5 Å². The zero-order valence-electron chi connectivity index (χ0n) is 19.3. The Bertz CT molecular complexity index is 1180. The zero-order chi connectivity index (χ0) is 24.9. The summed E-state index contributed by atoms with van der Waals surface area (Å²) in [5.41, 5.74) is 1.06. The van der Waals surface area contributed by atoms with E-state index in [4.69, 9.17) is 9.47 Å². The van der Waals surface area contributed by atoms with Gasteiger partial charge in [0, 0.05) is 10.5 Å². The van der Waals surface area contributed by atoms with Gasteiger partial charge < -0.3 is 9.47 Å². The van der Waals surface area contributed by atoms with E-state index in [0.717, 1.165) is 32.1 Å². The molecule has 4 rings (SSSR count). The van der Waals surface area contributed by atoms with Crippen LogP contribution in [0, 0.1) is 5.82 Å². The van der Waals surface area contributed by atoms with Gasteiger partial charge in [0.25, 0.3) is 11.8 Å². The molecule has 9 heteroatoms. The number of barbiturate groups is 1. The second-order valence-electron chi connectivity index (χ2n) is 8.46. The first-order chi connectivity index (χ1) is 16.9. The number of imide groups is 2. The fraction of sp³-hybridized carbons (Fsp3) is 0.346. The summed E-state index contributed by atoms with van der Waals surface area (Å²) in [7, 11) is 0. The lowest BCUT2D eigenvalue weighted by Crippen LogP contribution is -2.58. The van der Waals surface area contributed by atoms with Crippen molar-refractivity contribution in [3.63, 3.8) is 0 Å². The molecule has 7 nitrogen and oxygen atoms in total. The highest BCUT2D eigenvalue weighted by Crippen LogP contribution is 2.36. The Balaban J connectivity index is 1.62. The molecule has 1 aliphatic heterocycles. The minimum Gasteiger partial charge on any atom is -0.490 e. The number of hydrogen-bond acceptors (Lipinski definition) is 5. The Labute approximate surface area is 211 Å². The summed E-state index contributed by atoms with van der Waals surface area (Å²) in [5.74, 6) is -0.854. The van der Waals surface area contributed by atoms with Crippen molar-refractivity contribution < 1.29 is 28.2 Å². The van der Waals surface area contributed by atoms with E-state index in [-0.39, 0.29) is 24.0 Å². The summed E-state index contributed by atoms with van der Waals surface area (Å²) in [4.78, 5) is 39.4. The highest BCUT2D eigenvalue weighted by Gasteiger charge is 2.40. The molecule has 2 aromatic rings. The number of ether oxygens (including phenoxy) is 2. The molecule has 0 spiro atoms. The number of hydrogen-bond donors (Lipinski definition) is 1. The Morgan fingerprint density at radius 2 is 1.83 bits per heavy atom. The van der Waals surface area contributed by atoms with Crippen LogP contribution in [0.5, 0.6) is 11.5 Å². The number of nitrogens with zero attached hydrogens (tertiary/aromatic N) is 1. The van der Waals surface area contributed by atoms with Crippen molar-refractivity contribution in [3.05, 3.63) is 63.4 Å². The standard InChI is InChI=1S/C26H26BrFN2O5/c1-2-34-22-13-17(21(27)14-23(22)35-15-16-7-6-8-18(28)11-16)12-20-24(31)29-26(33)30(25(20)32)19-9-4-3-5-10-19/h6-8,11-14,19H,2-5,9-10,15H2,1H3,(H,29,31,33). The van der Waals surface area contributed by atoms with Gasteiger partial charge in [0.1, 0.15) is 18.0 Å². The maximum absolute atomic E-state index is 13.5. The quantitative estimate of drug-likeness (QED) is 0.374. The van der Waals surface area contributed by atoms with Crippen LogP contribution < -0.4 is 14.8 Å². The number of amides is 4. The second-order valence-corrected chi connectivity index (χ2v) is 9.31. The van der Waals surface area contributed by atoms with E-state index < -0.39 is 17.8 Å². The van der Waals surface area contributed by atoms with Crippen molar-refractivity contribution in [3.8, 4) is 11.5 Å². The van der Waals surface area contributed by atoms with Gasteiger partial charge in [0.05, 0.1) is 6.61 Å². The summed E-state index contributed by atoms with van der Waals surface area (Å²) in [6.45, 7) is 2.31. The number of carbonyl (C=O) groups excluding carboxylic acids is 3. The summed E-state index contributed by atoms with van der Waals surface area (Å²) in [6, 6.07) is 8.56. The fourth-order valence-electron chi connectivity index (χ4n) is 4.33. The predicted molar refractivity (Wildman–Crippen MR) is 131 cm³/mol. The first kappa shape index (κ1) is 24.9. The number of benzene rings is 2. The Morgan fingerprint density at radius 1 is 1.09 bits per heavy atom. The average Bonchev–Trinajstić information content (AvgIpc) is 2.83. The summed E-state index contributed by atoms with van der Waals surface area (Å²) < 4.78 is 25.6. The minimum absolute atomic E-state index is 0.119. The van der Waals surface area contributed by atoms with Crippen molar-refractivity contribution in [2.45, 2.75) is 51.7 Å². The molecule has 1 saturated heterocycles. The maximum Gasteiger partial charge on any atom is 0.331 e. The fourth-order valence-corrected chi connectivity index (χ4v) is 4.76. The number of nitrogens with one attached hydrogen (secondary N) is 1. The van der Waals surface area contributed by atoms with Crippen LogP contribution in [0.15, 0.2) is 46.4 Å². The lowest BCUT2D eigenvalue weighted by molar-refractivity contribution is -0.132. The molecule has 0 radical (unpaired) electrons. The lowest BCUT2D eigenvalue weighted by Gasteiger charge is -2.35. The molecule has 184 valence electrons. The van der Waals surface area contributed by atoms with Gasteiger partial charge in [-0.05, 0) is 61.2 Å². The van der Waals surface area contributed by atoms with Crippen molar-refractivity contribution in [1.29, 1.82) is 0 Å². The highest BCUT2D eigenvalue weighted by molar-refractivity contribution is 9.10. The monoisotopic (exact) mass is 544 g/mol. The van der Waals surface area contributed by atoms with E-state index >= 15 is 0 Å². The molecule has 4 amide bonds.